The third-order valence-corrected chi connectivity index (χ3v) is 9.86. The fourth-order valence-corrected chi connectivity index (χ4v) is 8.20. The van der Waals surface area contributed by atoms with Gasteiger partial charge in [-0.2, -0.15) is 0 Å². The Morgan fingerprint density at radius 3 is 2.57 bits per heavy atom. The first kappa shape index (κ1) is 25.1. The second-order valence-electron chi connectivity index (χ2n) is 11.0. The maximum Gasteiger partial charge on any atom is 1.00 e. The average molecular weight is 441 g/mol. The molecule has 0 amide bonds. The molecule has 0 heterocycles. The van der Waals surface area contributed by atoms with Crippen molar-refractivity contribution in [1.29, 1.82) is 0 Å². The predicted octanol–water partition coefficient (Wildman–Crippen LogP) is 0.810. The quantitative estimate of drug-likeness (QED) is 0.642. The van der Waals surface area contributed by atoms with E-state index in [-0.39, 0.29) is 68.6 Å². The minimum atomic E-state index is -1.06. The third kappa shape index (κ3) is 3.88. The molecule has 30 heavy (non-hydrogen) atoms. The number of carbonyl (C=O) groups is 2. The molecule has 0 aromatic heterocycles. The minimum absolute atomic E-state index is 0. The van der Waals surface area contributed by atoms with E-state index in [4.69, 9.17) is 0 Å². The average Bonchev–Trinajstić information content (AvgIpc) is 2.93. The Bertz CT molecular complexity index is 733. The molecule has 0 aromatic rings. The summed E-state index contributed by atoms with van der Waals surface area (Å²) in [5.74, 6) is 1.40. The Balaban J connectivity index is 0.00000256. The molecule has 3 saturated carbocycles. The van der Waals surface area contributed by atoms with Crippen LogP contribution in [0, 0.1) is 34.5 Å². The maximum atomic E-state index is 12.2. The van der Waals surface area contributed by atoms with Crippen molar-refractivity contribution in [3.63, 3.8) is 0 Å². The van der Waals surface area contributed by atoms with Gasteiger partial charge in [0.1, 0.15) is 0 Å². The van der Waals surface area contributed by atoms with E-state index in [1.165, 1.54) is 12.0 Å². The predicted molar refractivity (Wildman–Crippen MR) is 110 cm³/mol. The van der Waals surface area contributed by atoms with Gasteiger partial charge in [0.2, 0.25) is 0 Å². The van der Waals surface area contributed by atoms with Gasteiger partial charge in [-0.3, -0.25) is 4.79 Å². The molecule has 0 spiro atoms. The van der Waals surface area contributed by atoms with Crippen LogP contribution in [0.4, 0.5) is 0 Å². The standard InChI is InChI=1S/C25H38O4.K/c1-4-5-16-14-17-15-18(26)6-10-23(17,2)19-7-11-24(3)20(22(16)19)8-12-25(24,29)13-9-21(27)28;/h15-16,19-20,22,29H,4-14H2,1-3H3,(H,27,28);/q;+1/p-1/t16?,19-,20-,22+,23-,24-,25-;/m0./s1. The fourth-order valence-electron chi connectivity index (χ4n) is 8.20. The molecule has 0 aliphatic heterocycles. The molecule has 0 bridgehead atoms. The van der Waals surface area contributed by atoms with Crippen LogP contribution in [0.5, 0.6) is 0 Å². The molecule has 0 aromatic carbocycles. The van der Waals surface area contributed by atoms with Crippen LogP contribution in [0.3, 0.4) is 0 Å². The number of carboxylic acids is 1. The summed E-state index contributed by atoms with van der Waals surface area (Å²) in [5.41, 5.74) is 0.411. The van der Waals surface area contributed by atoms with Crippen LogP contribution in [-0.4, -0.2) is 22.5 Å². The van der Waals surface area contributed by atoms with Crippen molar-refractivity contribution in [2.45, 2.75) is 97.0 Å². The van der Waals surface area contributed by atoms with Crippen LogP contribution < -0.4 is 56.5 Å². The summed E-state index contributed by atoms with van der Waals surface area (Å²) < 4.78 is 0. The van der Waals surface area contributed by atoms with Crippen LogP contribution in [0.25, 0.3) is 0 Å². The third-order valence-electron chi connectivity index (χ3n) is 9.86. The van der Waals surface area contributed by atoms with Gasteiger partial charge in [0.15, 0.2) is 5.78 Å². The molecule has 1 N–H and O–H groups in total. The first-order valence-corrected chi connectivity index (χ1v) is 11.8. The van der Waals surface area contributed by atoms with Crippen molar-refractivity contribution in [1.82, 2.24) is 0 Å². The summed E-state index contributed by atoms with van der Waals surface area (Å²) in [4.78, 5) is 23.3. The number of hydrogen-bond acceptors (Lipinski definition) is 4. The summed E-state index contributed by atoms with van der Waals surface area (Å²) in [6.07, 6.45) is 10.9. The molecule has 4 rings (SSSR count). The number of aliphatic carboxylic acids is 1. The molecular formula is C25H37KO4. The summed E-state index contributed by atoms with van der Waals surface area (Å²) in [5, 5.41) is 22.7. The molecule has 3 fully saturated rings. The van der Waals surface area contributed by atoms with E-state index in [1.54, 1.807) is 0 Å². The van der Waals surface area contributed by atoms with Gasteiger partial charge in [0.25, 0.3) is 0 Å². The first-order chi connectivity index (χ1) is 13.6. The van der Waals surface area contributed by atoms with Crippen LogP contribution in [0.2, 0.25) is 0 Å². The molecule has 0 saturated heterocycles. The Labute approximate surface area is 224 Å². The summed E-state index contributed by atoms with van der Waals surface area (Å²) in [6.45, 7) is 6.87. The Morgan fingerprint density at radius 1 is 1.20 bits per heavy atom. The van der Waals surface area contributed by atoms with Gasteiger partial charge in [-0.05, 0) is 91.9 Å². The van der Waals surface area contributed by atoms with Gasteiger partial charge in [0, 0.05) is 12.4 Å². The molecule has 4 nitrogen and oxygen atoms in total. The number of carboxylic acid groups (broad SMARTS) is 1. The maximum absolute atomic E-state index is 12.2. The molecule has 162 valence electrons. The van der Waals surface area contributed by atoms with E-state index in [0.717, 1.165) is 38.5 Å². The number of hydrogen-bond donors (Lipinski definition) is 1. The molecular weight excluding hydrogens is 403 g/mol. The summed E-state index contributed by atoms with van der Waals surface area (Å²) in [7, 11) is 0. The fraction of sp³-hybridized carbons (Fsp3) is 0.840. The van der Waals surface area contributed by atoms with E-state index in [0.29, 0.717) is 48.7 Å². The van der Waals surface area contributed by atoms with E-state index in [9.17, 15) is 19.8 Å². The summed E-state index contributed by atoms with van der Waals surface area (Å²) >= 11 is 0. The van der Waals surface area contributed by atoms with Crippen molar-refractivity contribution >= 4 is 11.8 Å². The zero-order valence-electron chi connectivity index (χ0n) is 19.3. The number of rotatable bonds is 5. The van der Waals surface area contributed by atoms with Crippen LogP contribution in [-0.2, 0) is 9.59 Å². The van der Waals surface area contributed by atoms with Crippen LogP contribution >= 0.6 is 0 Å². The molecule has 1 unspecified atom stereocenters. The first-order valence-electron chi connectivity index (χ1n) is 11.8. The van der Waals surface area contributed by atoms with E-state index in [1.807, 2.05) is 6.08 Å². The van der Waals surface area contributed by atoms with Gasteiger partial charge in [-0.15, -0.1) is 0 Å². The van der Waals surface area contributed by atoms with Crippen molar-refractivity contribution in [3.8, 4) is 0 Å². The number of aliphatic hydroxyl groups is 1. The van der Waals surface area contributed by atoms with Gasteiger partial charge in [0.05, 0.1) is 5.60 Å². The molecule has 4 aliphatic rings. The van der Waals surface area contributed by atoms with Gasteiger partial charge < -0.3 is 15.0 Å². The normalized spacial score (nSPS) is 44.9. The zero-order chi connectivity index (χ0) is 21.0. The topological polar surface area (TPSA) is 77.4 Å². The van der Waals surface area contributed by atoms with E-state index < -0.39 is 11.6 Å². The van der Waals surface area contributed by atoms with Crippen LogP contribution in [0.15, 0.2) is 11.6 Å². The van der Waals surface area contributed by atoms with Crippen molar-refractivity contribution in [3.05, 3.63) is 11.6 Å². The van der Waals surface area contributed by atoms with Gasteiger partial charge in [-0.25, -0.2) is 0 Å². The number of ketones is 1. The molecule has 7 atom stereocenters. The Kier molecular flexibility index (Phi) is 7.55. The van der Waals surface area contributed by atoms with Crippen LogP contribution in [0.1, 0.15) is 91.4 Å². The second-order valence-corrected chi connectivity index (χ2v) is 11.0. The number of carbonyl (C=O) groups excluding carboxylic acids is 2. The summed E-state index contributed by atoms with van der Waals surface area (Å²) in [6, 6.07) is 0. The Hall–Kier alpha value is 0.476. The van der Waals surface area contributed by atoms with E-state index >= 15 is 0 Å². The van der Waals surface area contributed by atoms with Crippen molar-refractivity contribution in [2.24, 2.45) is 34.5 Å². The largest absolute Gasteiger partial charge is 1.00 e. The number of allylic oxidation sites excluding steroid dienone is 1. The van der Waals surface area contributed by atoms with Gasteiger partial charge in [-0.1, -0.05) is 39.2 Å². The SMILES string of the molecule is CCCC1CC2=CC(=O)CC[C@]2(C)[C@H]2CC[C@@]3(C)[C@@H](CC[C@]3(O)CCC(=O)[O-])[C@H]12.[K+]. The minimum Gasteiger partial charge on any atom is -0.550 e. The smallest absolute Gasteiger partial charge is 0.550 e. The monoisotopic (exact) mass is 440 g/mol. The zero-order valence-corrected chi connectivity index (χ0v) is 22.5. The second kappa shape index (κ2) is 9.02. The molecule has 0 radical (unpaired) electrons. The van der Waals surface area contributed by atoms with Gasteiger partial charge >= 0.3 is 51.4 Å². The van der Waals surface area contributed by atoms with Crippen molar-refractivity contribution in [2.75, 3.05) is 0 Å². The molecule has 4 aliphatic carbocycles. The molecule has 5 heteroatoms. The number of fused-ring (bicyclic) bond motifs is 5. The van der Waals surface area contributed by atoms with Crippen molar-refractivity contribution < 1.29 is 71.2 Å². The van der Waals surface area contributed by atoms with E-state index in [2.05, 4.69) is 20.8 Å². The Morgan fingerprint density at radius 2 is 1.90 bits per heavy atom.